The molecule has 0 spiro atoms. The van der Waals surface area contributed by atoms with Gasteiger partial charge >= 0.3 is 0 Å². The Labute approximate surface area is 119 Å². The van der Waals surface area contributed by atoms with Gasteiger partial charge in [-0.1, -0.05) is 11.6 Å². The summed E-state index contributed by atoms with van der Waals surface area (Å²) in [5.41, 5.74) is 5.60. The first-order valence-corrected chi connectivity index (χ1v) is 7.76. The molecule has 1 aromatic rings. The zero-order chi connectivity index (χ0) is 13.5. The third-order valence-electron chi connectivity index (χ3n) is 2.67. The number of halogens is 2. The molecule has 0 aliphatic carbocycles. The van der Waals surface area contributed by atoms with Gasteiger partial charge in [0.15, 0.2) is 5.75 Å². The van der Waals surface area contributed by atoms with Crippen molar-refractivity contribution in [3.63, 3.8) is 0 Å². The number of methoxy groups -OCH3 is 1. The van der Waals surface area contributed by atoms with E-state index in [0.717, 1.165) is 0 Å². The van der Waals surface area contributed by atoms with Crippen LogP contribution in [0.5, 0.6) is 5.75 Å². The van der Waals surface area contributed by atoms with Gasteiger partial charge in [0.2, 0.25) is 10.0 Å². The monoisotopic (exact) mass is 354 g/mol. The summed E-state index contributed by atoms with van der Waals surface area (Å²) in [6.07, 6.45) is 0. The van der Waals surface area contributed by atoms with Gasteiger partial charge in [-0.2, -0.15) is 4.31 Å². The van der Waals surface area contributed by atoms with Crippen LogP contribution in [0.15, 0.2) is 21.5 Å². The van der Waals surface area contributed by atoms with Crippen LogP contribution < -0.4 is 10.5 Å². The van der Waals surface area contributed by atoms with E-state index in [1.165, 1.54) is 17.5 Å². The molecular weight excluding hydrogens is 344 g/mol. The number of benzene rings is 1. The van der Waals surface area contributed by atoms with Gasteiger partial charge in [-0.25, -0.2) is 8.42 Å². The summed E-state index contributed by atoms with van der Waals surface area (Å²) in [7, 11) is -2.20. The number of rotatable bonds is 3. The molecule has 1 fully saturated rings. The van der Waals surface area contributed by atoms with Crippen molar-refractivity contribution in [1.82, 2.24) is 4.31 Å². The fourth-order valence-electron chi connectivity index (χ4n) is 1.73. The molecule has 2 N–H and O–H groups in total. The van der Waals surface area contributed by atoms with Gasteiger partial charge < -0.3 is 10.5 Å². The first kappa shape index (κ1) is 14.1. The Balaban J connectivity index is 2.50. The largest absolute Gasteiger partial charge is 0.494 e. The molecule has 1 aliphatic heterocycles. The SMILES string of the molecule is COc1c(Br)cc(Cl)cc1S(=O)(=O)N1CC(N)C1. The molecule has 0 saturated carbocycles. The van der Waals surface area contributed by atoms with Crippen molar-refractivity contribution in [2.45, 2.75) is 10.9 Å². The topological polar surface area (TPSA) is 72.6 Å². The van der Waals surface area contributed by atoms with E-state index < -0.39 is 10.0 Å². The molecule has 0 radical (unpaired) electrons. The molecule has 100 valence electrons. The smallest absolute Gasteiger partial charge is 0.246 e. The minimum Gasteiger partial charge on any atom is -0.494 e. The van der Waals surface area contributed by atoms with E-state index in [2.05, 4.69) is 15.9 Å². The van der Waals surface area contributed by atoms with Crippen LogP contribution in [0.2, 0.25) is 5.02 Å². The van der Waals surface area contributed by atoms with Gasteiger partial charge in [-0.3, -0.25) is 0 Å². The number of nitrogens with zero attached hydrogens (tertiary/aromatic N) is 1. The second-order valence-corrected chi connectivity index (χ2v) is 7.20. The fourth-order valence-corrected chi connectivity index (χ4v) is 4.66. The summed E-state index contributed by atoms with van der Waals surface area (Å²) in [4.78, 5) is 0.0521. The molecule has 1 aliphatic rings. The first-order valence-electron chi connectivity index (χ1n) is 5.15. The molecule has 0 atom stereocenters. The lowest BCUT2D eigenvalue weighted by Gasteiger charge is -2.35. The predicted molar refractivity (Wildman–Crippen MR) is 72.4 cm³/mol. The van der Waals surface area contributed by atoms with Crippen LogP contribution in [-0.4, -0.2) is 39.0 Å². The van der Waals surface area contributed by atoms with Crippen LogP contribution in [-0.2, 0) is 10.0 Å². The lowest BCUT2D eigenvalue weighted by Crippen LogP contribution is -2.57. The maximum absolute atomic E-state index is 12.4. The molecular formula is C10H12BrClN2O3S. The van der Waals surface area contributed by atoms with Crippen LogP contribution in [0.25, 0.3) is 0 Å². The summed E-state index contributed by atoms with van der Waals surface area (Å²) in [5.74, 6) is 0.250. The van der Waals surface area contributed by atoms with Crippen LogP contribution in [0.3, 0.4) is 0 Å². The number of hydrogen-bond acceptors (Lipinski definition) is 4. The number of hydrogen-bond donors (Lipinski definition) is 1. The third-order valence-corrected chi connectivity index (χ3v) is 5.32. The van der Waals surface area contributed by atoms with Crippen LogP contribution in [0.4, 0.5) is 0 Å². The zero-order valence-electron chi connectivity index (χ0n) is 9.56. The summed E-state index contributed by atoms with van der Waals surface area (Å²) in [6.45, 7) is 0.630. The highest BCUT2D eigenvalue weighted by Gasteiger charge is 2.37. The quantitative estimate of drug-likeness (QED) is 0.890. The van der Waals surface area contributed by atoms with Gasteiger partial charge in [-0.15, -0.1) is 0 Å². The van der Waals surface area contributed by atoms with Crippen LogP contribution in [0, 0.1) is 0 Å². The Hall–Kier alpha value is -0.340. The molecule has 1 aromatic carbocycles. The number of nitrogens with two attached hydrogens (primary N) is 1. The second kappa shape index (κ2) is 4.97. The highest BCUT2D eigenvalue weighted by atomic mass is 79.9. The van der Waals surface area contributed by atoms with Crippen molar-refractivity contribution in [2.75, 3.05) is 20.2 Å². The summed E-state index contributed by atoms with van der Waals surface area (Å²) in [6, 6.07) is 2.86. The second-order valence-electron chi connectivity index (χ2n) is 4.00. The number of ether oxygens (including phenoxy) is 1. The maximum Gasteiger partial charge on any atom is 0.246 e. The normalized spacial score (nSPS) is 17.6. The minimum absolute atomic E-state index is 0.0521. The molecule has 1 saturated heterocycles. The van der Waals surface area contributed by atoms with Gasteiger partial charge in [0.05, 0.1) is 11.6 Å². The van der Waals surface area contributed by atoms with E-state index in [-0.39, 0.29) is 16.7 Å². The predicted octanol–water partition coefficient (Wildman–Crippen LogP) is 1.44. The highest BCUT2D eigenvalue weighted by molar-refractivity contribution is 9.10. The van der Waals surface area contributed by atoms with Gasteiger partial charge in [0, 0.05) is 24.2 Å². The van der Waals surface area contributed by atoms with E-state index in [9.17, 15) is 8.42 Å². The molecule has 0 aromatic heterocycles. The van der Waals surface area contributed by atoms with Gasteiger partial charge in [0.1, 0.15) is 4.90 Å². The molecule has 8 heteroatoms. The molecule has 0 amide bonds. The Kier molecular flexibility index (Phi) is 3.89. The lowest BCUT2D eigenvalue weighted by molar-refractivity contribution is 0.264. The van der Waals surface area contributed by atoms with Crippen molar-refractivity contribution in [3.05, 3.63) is 21.6 Å². The van der Waals surface area contributed by atoms with E-state index in [1.54, 1.807) is 6.07 Å². The Morgan fingerprint density at radius 2 is 2.11 bits per heavy atom. The Morgan fingerprint density at radius 1 is 1.50 bits per heavy atom. The van der Waals surface area contributed by atoms with Crippen molar-refractivity contribution in [2.24, 2.45) is 5.73 Å². The van der Waals surface area contributed by atoms with E-state index >= 15 is 0 Å². The summed E-state index contributed by atoms with van der Waals surface area (Å²) < 4.78 is 31.6. The standard InChI is InChI=1S/C10H12BrClN2O3S/c1-17-10-8(11)2-6(12)3-9(10)18(15,16)14-4-7(13)5-14/h2-3,7H,4-5,13H2,1H3. The van der Waals surface area contributed by atoms with Gasteiger partial charge in [-0.05, 0) is 28.1 Å². The molecule has 18 heavy (non-hydrogen) atoms. The molecule has 0 unspecified atom stereocenters. The third kappa shape index (κ3) is 2.37. The first-order chi connectivity index (χ1) is 8.36. The van der Waals surface area contributed by atoms with E-state index in [0.29, 0.717) is 22.6 Å². The van der Waals surface area contributed by atoms with Crippen LogP contribution in [0.1, 0.15) is 0 Å². The van der Waals surface area contributed by atoms with Crippen molar-refractivity contribution < 1.29 is 13.2 Å². The Bertz CT molecular complexity index is 573. The molecule has 1 heterocycles. The number of sulfonamides is 1. The minimum atomic E-state index is -3.61. The average molecular weight is 356 g/mol. The molecule has 5 nitrogen and oxygen atoms in total. The molecule has 0 bridgehead atoms. The summed E-state index contributed by atoms with van der Waals surface area (Å²) >= 11 is 9.12. The fraction of sp³-hybridized carbons (Fsp3) is 0.400. The Morgan fingerprint density at radius 3 is 2.61 bits per heavy atom. The van der Waals surface area contributed by atoms with Gasteiger partial charge in [0.25, 0.3) is 0 Å². The van der Waals surface area contributed by atoms with Crippen LogP contribution >= 0.6 is 27.5 Å². The zero-order valence-corrected chi connectivity index (χ0v) is 12.7. The highest BCUT2D eigenvalue weighted by Crippen LogP contribution is 2.37. The molecule has 2 rings (SSSR count). The summed E-state index contributed by atoms with van der Waals surface area (Å²) in [5, 5.41) is 0.325. The van der Waals surface area contributed by atoms with E-state index in [4.69, 9.17) is 22.1 Å². The average Bonchev–Trinajstić information content (AvgIpc) is 2.23. The van der Waals surface area contributed by atoms with Crippen molar-refractivity contribution in [1.29, 1.82) is 0 Å². The van der Waals surface area contributed by atoms with Crippen molar-refractivity contribution in [3.8, 4) is 5.75 Å². The van der Waals surface area contributed by atoms with Crippen molar-refractivity contribution >= 4 is 37.6 Å². The lowest BCUT2D eigenvalue weighted by atomic mass is 10.2. The van der Waals surface area contributed by atoms with E-state index in [1.807, 2.05) is 0 Å². The maximum atomic E-state index is 12.4.